The normalized spacial score (nSPS) is 11.6. The maximum absolute atomic E-state index is 11.9. The average molecular weight is 316 g/mol. The fraction of sp³-hybridized carbons (Fsp3) is 0.294. The van der Waals surface area contributed by atoms with E-state index in [1.54, 1.807) is 25.5 Å². The van der Waals surface area contributed by atoms with Gasteiger partial charge in [-0.3, -0.25) is 9.59 Å². The van der Waals surface area contributed by atoms with Crippen LogP contribution >= 0.6 is 0 Å². The van der Waals surface area contributed by atoms with E-state index in [2.05, 4.69) is 10.6 Å². The number of rotatable bonds is 6. The highest BCUT2D eigenvalue weighted by molar-refractivity contribution is 6.35. The third-order valence-corrected chi connectivity index (χ3v) is 3.30. The van der Waals surface area contributed by atoms with E-state index in [1.807, 2.05) is 31.2 Å². The molecule has 0 saturated carbocycles. The molecule has 2 rings (SSSR count). The first-order valence-corrected chi connectivity index (χ1v) is 7.33. The highest BCUT2D eigenvalue weighted by Gasteiger charge is 2.17. The summed E-state index contributed by atoms with van der Waals surface area (Å²) in [6.45, 7) is 2.04. The second kappa shape index (κ2) is 8.03. The topological polar surface area (TPSA) is 80.6 Å². The summed E-state index contributed by atoms with van der Waals surface area (Å²) in [7, 11) is 1.56. The van der Waals surface area contributed by atoms with Crippen LogP contribution in [0, 0.1) is 0 Å². The molecule has 0 aliphatic rings. The second-order valence-electron chi connectivity index (χ2n) is 5.15. The van der Waals surface area contributed by atoms with Gasteiger partial charge in [-0.15, -0.1) is 0 Å². The third kappa shape index (κ3) is 4.88. The van der Waals surface area contributed by atoms with Crippen LogP contribution in [-0.2, 0) is 22.6 Å². The van der Waals surface area contributed by atoms with Gasteiger partial charge in [-0.25, -0.2) is 0 Å². The lowest BCUT2D eigenvalue weighted by molar-refractivity contribution is -0.139. The number of hydrogen-bond acceptors (Lipinski definition) is 4. The van der Waals surface area contributed by atoms with Crippen molar-refractivity contribution in [3.63, 3.8) is 0 Å². The van der Waals surface area contributed by atoms with Gasteiger partial charge in [-0.1, -0.05) is 18.2 Å². The van der Waals surface area contributed by atoms with Crippen LogP contribution in [-0.4, -0.2) is 25.0 Å². The molecule has 6 nitrogen and oxygen atoms in total. The molecule has 122 valence electrons. The minimum absolute atomic E-state index is 0.203. The van der Waals surface area contributed by atoms with E-state index in [4.69, 9.17) is 9.15 Å². The lowest BCUT2D eigenvalue weighted by Gasteiger charge is -2.13. The zero-order valence-electron chi connectivity index (χ0n) is 13.2. The summed E-state index contributed by atoms with van der Waals surface area (Å²) >= 11 is 0. The number of carbonyl (C=O) groups is 2. The molecule has 1 unspecified atom stereocenters. The molecule has 2 aromatic rings. The van der Waals surface area contributed by atoms with E-state index >= 15 is 0 Å². The van der Waals surface area contributed by atoms with Crippen molar-refractivity contribution in [1.82, 2.24) is 10.6 Å². The van der Waals surface area contributed by atoms with Crippen LogP contribution in [0.25, 0.3) is 0 Å². The number of hydrogen-bond donors (Lipinski definition) is 2. The molecule has 0 radical (unpaired) electrons. The van der Waals surface area contributed by atoms with Gasteiger partial charge in [0.1, 0.15) is 11.5 Å². The quantitative estimate of drug-likeness (QED) is 0.794. The molecule has 0 fully saturated rings. The number of amides is 2. The Morgan fingerprint density at radius 2 is 1.96 bits per heavy atom. The van der Waals surface area contributed by atoms with E-state index in [-0.39, 0.29) is 12.6 Å². The van der Waals surface area contributed by atoms with Gasteiger partial charge in [0, 0.05) is 24.6 Å². The molecule has 0 spiro atoms. The van der Waals surface area contributed by atoms with Crippen molar-refractivity contribution >= 4 is 11.8 Å². The molecule has 2 amide bonds. The maximum Gasteiger partial charge on any atom is 0.309 e. The summed E-state index contributed by atoms with van der Waals surface area (Å²) in [5.41, 5.74) is 0.805. The Balaban J connectivity index is 1.81. The number of para-hydroxylation sites is 1. The van der Waals surface area contributed by atoms with E-state index in [0.717, 1.165) is 11.3 Å². The standard InChI is InChI=1S/C17H20N2O4/c1-12(10-14-7-5-9-23-14)19-17(21)16(20)18-11-13-6-3-4-8-15(13)22-2/h3-9,12H,10-11H2,1-2H3,(H,18,20)(H,19,21). The van der Waals surface area contributed by atoms with Crippen molar-refractivity contribution in [1.29, 1.82) is 0 Å². The van der Waals surface area contributed by atoms with Crippen LogP contribution in [0.3, 0.4) is 0 Å². The molecular formula is C17H20N2O4. The van der Waals surface area contributed by atoms with Gasteiger partial charge >= 0.3 is 11.8 Å². The molecule has 23 heavy (non-hydrogen) atoms. The summed E-state index contributed by atoms with van der Waals surface area (Å²) in [6.07, 6.45) is 2.10. The van der Waals surface area contributed by atoms with E-state index in [9.17, 15) is 9.59 Å². The fourth-order valence-electron chi connectivity index (χ4n) is 2.18. The molecule has 0 aliphatic carbocycles. The Bertz CT molecular complexity index is 652. The molecule has 0 bridgehead atoms. The van der Waals surface area contributed by atoms with Gasteiger partial charge in [0.15, 0.2) is 0 Å². The molecule has 0 saturated heterocycles. The minimum Gasteiger partial charge on any atom is -0.496 e. The lowest BCUT2D eigenvalue weighted by atomic mass is 10.2. The van der Waals surface area contributed by atoms with Crippen molar-refractivity contribution in [3.05, 3.63) is 54.0 Å². The Morgan fingerprint density at radius 3 is 2.65 bits per heavy atom. The van der Waals surface area contributed by atoms with Gasteiger partial charge in [-0.05, 0) is 25.1 Å². The molecule has 1 atom stereocenters. The molecular weight excluding hydrogens is 296 g/mol. The van der Waals surface area contributed by atoms with Gasteiger partial charge in [0.2, 0.25) is 0 Å². The van der Waals surface area contributed by atoms with Crippen LogP contribution in [0.5, 0.6) is 5.75 Å². The first-order valence-electron chi connectivity index (χ1n) is 7.33. The van der Waals surface area contributed by atoms with Gasteiger partial charge in [0.05, 0.1) is 13.4 Å². The number of methoxy groups -OCH3 is 1. The van der Waals surface area contributed by atoms with Crippen LogP contribution in [0.15, 0.2) is 47.1 Å². The van der Waals surface area contributed by atoms with Crippen LogP contribution in [0.2, 0.25) is 0 Å². The third-order valence-electron chi connectivity index (χ3n) is 3.30. The highest BCUT2D eigenvalue weighted by atomic mass is 16.5. The number of ether oxygens (including phenoxy) is 1. The summed E-state index contributed by atoms with van der Waals surface area (Å²) in [6, 6.07) is 10.7. The van der Waals surface area contributed by atoms with Gasteiger partial charge in [-0.2, -0.15) is 0 Å². The zero-order chi connectivity index (χ0) is 16.7. The predicted molar refractivity (Wildman–Crippen MR) is 84.9 cm³/mol. The summed E-state index contributed by atoms with van der Waals surface area (Å²) in [4.78, 5) is 23.7. The zero-order valence-corrected chi connectivity index (χ0v) is 13.2. The molecule has 6 heteroatoms. The Kier molecular flexibility index (Phi) is 5.80. The number of carbonyl (C=O) groups excluding carboxylic acids is 2. The number of benzene rings is 1. The predicted octanol–water partition coefficient (Wildman–Crippen LogP) is 1.65. The van der Waals surface area contributed by atoms with Crippen molar-refractivity contribution in [3.8, 4) is 5.75 Å². The van der Waals surface area contributed by atoms with Crippen molar-refractivity contribution in [2.75, 3.05) is 7.11 Å². The van der Waals surface area contributed by atoms with E-state index in [1.165, 1.54) is 0 Å². The smallest absolute Gasteiger partial charge is 0.309 e. The minimum atomic E-state index is -0.679. The van der Waals surface area contributed by atoms with Gasteiger partial charge in [0.25, 0.3) is 0 Å². The molecule has 1 aromatic carbocycles. The van der Waals surface area contributed by atoms with Gasteiger partial charge < -0.3 is 19.8 Å². The van der Waals surface area contributed by atoms with Crippen molar-refractivity contribution < 1.29 is 18.7 Å². The van der Waals surface area contributed by atoms with Crippen molar-refractivity contribution in [2.24, 2.45) is 0 Å². The Labute approximate surface area is 134 Å². The monoisotopic (exact) mass is 316 g/mol. The summed E-state index contributed by atoms with van der Waals surface area (Å²) in [5.74, 6) is 0.0766. The number of nitrogens with one attached hydrogen (secondary N) is 2. The molecule has 1 heterocycles. The van der Waals surface area contributed by atoms with Crippen LogP contribution < -0.4 is 15.4 Å². The SMILES string of the molecule is COc1ccccc1CNC(=O)C(=O)NC(C)Cc1ccco1. The van der Waals surface area contributed by atoms with Crippen LogP contribution in [0.1, 0.15) is 18.2 Å². The Morgan fingerprint density at radius 1 is 1.17 bits per heavy atom. The molecule has 0 aliphatic heterocycles. The molecule has 1 aromatic heterocycles. The maximum atomic E-state index is 11.9. The Hall–Kier alpha value is -2.76. The van der Waals surface area contributed by atoms with E-state index < -0.39 is 11.8 Å². The average Bonchev–Trinajstić information content (AvgIpc) is 3.05. The second-order valence-corrected chi connectivity index (χ2v) is 5.15. The largest absolute Gasteiger partial charge is 0.496 e. The van der Waals surface area contributed by atoms with E-state index in [0.29, 0.717) is 12.2 Å². The van der Waals surface area contributed by atoms with Crippen molar-refractivity contribution in [2.45, 2.75) is 25.9 Å². The first kappa shape index (κ1) is 16.6. The fourth-order valence-corrected chi connectivity index (χ4v) is 2.18. The molecule has 2 N–H and O–H groups in total. The summed E-state index contributed by atoms with van der Waals surface area (Å²) < 4.78 is 10.4. The lowest BCUT2D eigenvalue weighted by Crippen LogP contribution is -2.44. The van der Waals surface area contributed by atoms with Crippen LogP contribution in [0.4, 0.5) is 0 Å². The first-order chi connectivity index (χ1) is 11.1. The summed E-state index contributed by atoms with van der Waals surface area (Å²) in [5, 5.41) is 5.22. The number of furan rings is 1. The highest BCUT2D eigenvalue weighted by Crippen LogP contribution is 2.16.